The predicted octanol–water partition coefficient (Wildman–Crippen LogP) is 3.07. The number of nitrogens with zero attached hydrogens (tertiary/aromatic N) is 1. The van der Waals surface area contributed by atoms with Crippen molar-refractivity contribution in [1.82, 2.24) is 4.98 Å². The third-order valence-corrected chi connectivity index (χ3v) is 2.39. The van der Waals surface area contributed by atoms with E-state index in [4.69, 9.17) is 0 Å². The maximum atomic E-state index is 13.1. The van der Waals surface area contributed by atoms with Crippen LogP contribution in [0.4, 0.5) is 4.39 Å². The van der Waals surface area contributed by atoms with Crippen LogP contribution in [0.5, 0.6) is 0 Å². The maximum absolute atomic E-state index is 13.1. The number of hydrogen-bond donors (Lipinski definition) is 0. The Labute approximate surface area is 76.4 Å². The molecule has 0 aromatic carbocycles. The van der Waals surface area contributed by atoms with Gasteiger partial charge >= 0.3 is 0 Å². The van der Waals surface area contributed by atoms with Gasteiger partial charge in [-0.15, -0.1) is 11.8 Å². The zero-order valence-corrected chi connectivity index (χ0v) is 8.28. The summed E-state index contributed by atoms with van der Waals surface area (Å²) in [6.07, 6.45) is 3.43. The normalized spacial score (nSPS) is 10.8. The molecular weight excluding hydrogens is 173 g/mol. The molecule has 0 spiro atoms. The van der Waals surface area contributed by atoms with Crippen LogP contribution in [0.25, 0.3) is 0 Å². The Morgan fingerprint density at radius 1 is 1.50 bits per heavy atom. The molecule has 0 aliphatic rings. The molecule has 0 fully saturated rings. The Morgan fingerprint density at radius 2 is 2.17 bits per heavy atom. The van der Waals surface area contributed by atoms with E-state index in [0.29, 0.717) is 4.90 Å². The van der Waals surface area contributed by atoms with E-state index in [9.17, 15) is 4.39 Å². The molecule has 0 bridgehead atoms. The molecule has 3 heteroatoms. The monoisotopic (exact) mass is 185 g/mol. The van der Waals surface area contributed by atoms with Crippen LogP contribution in [-0.4, -0.2) is 11.2 Å². The molecule has 0 saturated carbocycles. The quantitative estimate of drug-likeness (QED) is 0.657. The van der Waals surface area contributed by atoms with Gasteiger partial charge in [0.1, 0.15) is 5.82 Å². The highest BCUT2D eigenvalue weighted by Crippen LogP contribution is 2.20. The Hall–Kier alpha value is -0.570. The van der Waals surface area contributed by atoms with E-state index >= 15 is 0 Å². The summed E-state index contributed by atoms with van der Waals surface area (Å²) in [6, 6.07) is 1.51. The van der Waals surface area contributed by atoms with Gasteiger partial charge in [-0.2, -0.15) is 0 Å². The Morgan fingerprint density at radius 3 is 2.58 bits per heavy atom. The number of halogens is 1. The second-order valence-corrected chi connectivity index (χ2v) is 3.75. The first-order chi connectivity index (χ1) is 5.65. The van der Waals surface area contributed by atoms with Gasteiger partial charge in [0.15, 0.2) is 0 Å². The molecule has 0 radical (unpaired) electrons. The van der Waals surface area contributed by atoms with Crippen LogP contribution in [-0.2, 0) is 0 Å². The van der Waals surface area contributed by atoms with Gasteiger partial charge in [-0.25, -0.2) is 4.39 Å². The third-order valence-electron chi connectivity index (χ3n) is 1.65. The summed E-state index contributed by atoms with van der Waals surface area (Å²) >= 11 is 1.38. The first-order valence-corrected chi connectivity index (χ1v) is 5.07. The van der Waals surface area contributed by atoms with Crippen LogP contribution in [0.3, 0.4) is 0 Å². The van der Waals surface area contributed by atoms with Gasteiger partial charge in [0.25, 0.3) is 0 Å². The topological polar surface area (TPSA) is 12.9 Å². The van der Waals surface area contributed by atoms with E-state index in [2.05, 4.69) is 4.98 Å². The van der Waals surface area contributed by atoms with Crippen molar-refractivity contribution in [2.24, 2.45) is 0 Å². The summed E-state index contributed by atoms with van der Waals surface area (Å²) < 4.78 is 13.1. The van der Waals surface area contributed by atoms with Gasteiger partial charge in [-0.05, 0) is 18.2 Å². The van der Waals surface area contributed by atoms with Crippen molar-refractivity contribution in [1.29, 1.82) is 0 Å². The molecule has 0 aliphatic heterocycles. The van der Waals surface area contributed by atoms with Gasteiger partial charge in [0.2, 0.25) is 0 Å². The molecule has 0 amide bonds. The molecule has 12 heavy (non-hydrogen) atoms. The van der Waals surface area contributed by atoms with Gasteiger partial charge < -0.3 is 0 Å². The van der Waals surface area contributed by atoms with E-state index in [1.807, 2.05) is 20.1 Å². The van der Waals surface area contributed by atoms with E-state index in [1.165, 1.54) is 17.8 Å². The standard InChI is InChI=1S/C9H12FNS/c1-6(2)8-4-7(10)9(12-3)5-11-8/h4-6H,1-3H3. The molecule has 0 aliphatic carbocycles. The van der Waals surface area contributed by atoms with Crippen LogP contribution in [0.2, 0.25) is 0 Å². The predicted molar refractivity (Wildman–Crippen MR) is 50.1 cm³/mol. The lowest BCUT2D eigenvalue weighted by Gasteiger charge is -2.05. The molecule has 0 atom stereocenters. The molecule has 1 rings (SSSR count). The lowest BCUT2D eigenvalue weighted by Crippen LogP contribution is -1.94. The largest absolute Gasteiger partial charge is 0.260 e. The van der Waals surface area contributed by atoms with Crippen molar-refractivity contribution in [2.45, 2.75) is 24.7 Å². The van der Waals surface area contributed by atoms with Crippen molar-refractivity contribution in [3.05, 3.63) is 23.8 Å². The van der Waals surface area contributed by atoms with Gasteiger partial charge in [-0.1, -0.05) is 13.8 Å². The van der Waals surface area contributed by atoms with E-state index in [0.717, 1.165) is 5.69 Å². The highest BCUT2D eigenvalue weighted by atomic mass is 32.2. The molecule has 0 unspecified atom stereocenters. The van der Waals surface area contributed by atoms with Gasteiger partial charge in [0, 0.05) is 11.9 Å². The van der Waals surface area contributed by atoms with Crippen molar-refractivity contribution >= 4 is 11.8 Å². The minimum atomic E-state index is -0.166. The fourth-order valence-corrected chi connectivity index (χ4v) is 1.31. The second-order valence-electron chi connectivity index (χ2n) is 2.90. The van der Waals surface area contributed by atoms with Crippen molar-refractivity contribution in [3.63, 3.8) is 0 Å². The number of thioether (sulfide) groups is 1. The summed E-state index contributed by atoms with van der Waals surface area (Å²) in [5, 5.41) is 0. The zero-order chi connectivity index (χ0) is 9.14. The first-order valence-electron chi connectivity index (χ1n) is 3.84. The number of aromatic nitrogens is 1. The second kappa shape index (κ2) is 3.90. The molecule has 1 heterocycles. The average molecular weight is 185 g/mol. The van der Waals surface area contributed by atoms with Crippen LogP contribution in [0, 0.1) is 5.82 Å². The van der Waals surface area contributed by atoms with Crippen molar-refractivity contribution in [2.75, 3.05) is 6.26 Å². The molecule has 1 aromatic heterocycles. The summed E-state index contributed by atoms with van der Waals surface area (Å²) in [5.41, 5.74) is 0.810. The molecule has 0 saturated heterocycles. The smallest absolute Gasteiger partial charge is 0.140 e. The fraction of sp³-hybridized carbons (Fsp3) is 0.444. The van der Waals surface area contributed by atoms with Crippen LogP contribution in [0.15, 0.2) is 17.2 Å². The number of hydrogen-bond acceptors (Lipinski definition) is 2. The van der Waals surface area contributed by atoms with Crippen molar-refractivity contribution < 1.29 is 4.39 Å². The Kier molecular flexibility index (Phi) is 3.09. The highest BCUT2D eigenvalue weighted by Gasteiger charge is 2.05. The highest BCUT2D eigenvalue weighted by molar-refractivity contribution is 7.98. The third kappa shape index (κ3) is 1.97. The summed E-state index contributed by atoms with van der Waals surface area (Å²) in [4.78, 5) is 4.76. The number of rotatable bonds is 2. The maximum Gasteiger partial charge on any atom is 0.140 e. The summed E-state index contributed by atoms with van der Waals surface area (Å²) in [7, 11) is 0. The van der Waals surface area contributed by atoms with E-state index in [-0.39, 0.29) is 11.7 Å². The molecule has 66 valence electrons. The zero-order valence-electron chi connectivity index (χ0n) is 7.47. The van der Waals surface area contributed by atoms with Crippen molar-refractivity contribution in [3.8, 4) is 0 Å². The van der Waals surface area contributed by atoms with Gasteiger partial charge in [0.05, 0.1) is 4.90 Å². The minimum Gasteiger partial charge on any atom is -0.260 e. The Balaban J connectivity index is 3.02. The summed E-state index contributed by atoms with van der Waals surface area (Å²) in [6.45, 7) is 4.00. The van der Waals surface area contributed by atoms with Gasteiger partial charge in [-0.3, -0.25) is 4.98 Å². The average Bonchev–Trinajstić information content (AvgIpc) is 2.04. The van der Waals surface area contributed by atoms with E-state index < -0.39 is 0 Å². The fourth-order valence-electron chi connectivity index (χ4n) is 0.899. The molecular formula is C9H12FNS. The van der Waals surface area contributed by atoms with Crippen LogP contribution >= 0.6 is 11.8 Å². The first kappa shape index (κ1) is 9.52. The lowest BCUT2D eigenvalue weighted by molar-refractivity contribution is 0.591. The Bertz CT molecular complexity index is 273. The number of pyridine rings is 1. The molecule has 1 aromatic rings. The minimum absolute atomic E-state index is 0.166. The lowest BCUT2D eigenvalue weighted by atomic mass is 10.1. The van der Waals surface area contributed by atoms with E-state index in [1.54, 1.807) is 6.20 Å². The summed E-state index contributed by atoms with van der Waals surface area (Å²) in [5.74, 6) is 0.122. The molecule has 1 nitrogen and oxygen atoms in total. The van der Waals surface area contributed by atoms with Crippen LogP contribution < -0.4 is 0 Å². The van der Waals surface area contributed by atoms with Crippen LogP contribution in [0.1, 0.15) is 25.5 Å². The molecule has 0 N–H and O–H groups in total. The SMILES string of the molecule is CSc1cnc(C(C)C)cc1F.